The van der Waals surface area contributed by atoms with Gasteiger partial charge in [0.15, 0.2) is 0 Å². The third kappa shape index (κ3) is 6.32. The molecule has 0 spiro atoms. The molecule has 1 atom stereocenters. The number of rotatable bonds is 6. The van der Waals surface area contributed by atoms with E-state index in [2.05, 4.69) is 31.4 Å². The van der Waals surface area contributed by atoms with E-state index in [9.17, 15) is 0 Å². The van der Waals surface area contributed by atoms with Gasteiger partial charge in [-0.25, -0.2) is 0 Å². The van der Waals surface area contributed by atoms with Crippen molar-refractivity contribution in [1.82, 2.24) is 10.6 Å². The molecule has 0 aliphatic carbocycles. The van der Waals surface area contributed by atoms with Crippen LogP contribution in [0.3, 0.4) is 0 Å². The average molecular weight is 158 g/mol. The van der Waals surface area contributed by atoms with Gasteiger partial charge < -0.3 is 10.6 Å². The van der Waals surface area contributed by atoms with Gasteiger partial charge >= 0.3 is 0 Å². The van der Waals surface area contributed by atoms with Crippen LogP contribution in [0.4, 0.5) is 0 Å². The van der Waals surface area contributed by atoms with E-state index in [4.69, 9.17) is 0 Å². The minimum absolute atomic E-state index is 0.608. The molecule has 0 aliphatic rings. The normalized spacial score (nSPS) is 13.9. The quantitative estimate of drug-likeness (QED) is 0.610. The molecule has 11 heavy (non-hydrogen) atoms. The second-order valence-corrected chi connectivity index (χ2v) is 3.32. The van der Waals surface area contributed by atoms with E-state index in [1.165, 1.54) is 12.8 Å². The molecule has 0 rings (SSSR count). The maximum Gasteiger partial charge on any atom is 0.00788 e. The monoisotopic (exact) mass is 158 g/mol. The maximum atomic E-state index is 3.52. The molecule has 0 aromatic heterocycles. The molecule has 2 N–H and O–H groups in total. The summed E-state index contributed by atoms with van der Waals surface area (Å²) < 4.78 is 0. The van der Waals surface area contributed by atoms with E-state index in [-0.39, 0.29) is 0 Å². The molecule has 0 saturated carbocycles. The van der Waals surface area contributed by atoms with Crippen LogP contribution in [0.1, 0.15) is 33.6 Å². The highest BCUT2D eigenvalue weighted by Crippen LogP contribution is 1.97. The van der Waals surface area contributed by atoms with Crippen molar-refractivity contribution < 1.29 is 0 Å². The van der Waals surface area contributed by atoms with Crippen molar-refractivity contribution in [3.8, 4) is 0 Å². The Bertz CT molecular complexity index is 81.6. The largest absolute Gasteiger partial charge is 0.320 e. The molecule has 1 unspecified atom stereocenters. The minimum atomic E-state index is 0.608. The lowest BCUT2D eigenvalue weighted by atomic mass is 10.1. The molecule has 0 radical (unpaired) electrons. The third-order valence-electron chi connectivity index (χ3n) is 1.80. The lowest BCUT2D eigenvalue weighted by molar-refractivity contribution is 0.424. The van der Waals surface area contributed by atoms with Crippen LogP contribution in [0, 0.1) is 0 Å². The molecule has 0 bridgehead atoms. The van der Waals surface area contributed by atoms with Gasteiger partial charge in [-0.2, -0.15) is 0 Å². The summed E-state index contributed by atoms with van der Waals surface area (Å²) >= 11 is 0. The summed E-state index contributed by atoms with van der Waals surface area (Å²) in [5.74, 6) is 0. The first-order chi connectivity index (χ1) is 5.20. The van der Waals surface area contributed by atoms with Crippen molar-refractivity contribution in [2.45, 2.75) is 45.7 Å². The van der Waals surface area contributed by atoms with Gasteiger partial charge in [-0.05, 0) is 26.4 Å². The van der Waals surface area contributed by atoms with Crippen molar-refractivity contribution in [3.05, 3.63) is 0 Å². The first kappa shape index (κ1) is 10.9. The highest BCUT2D eigenvalue weighted by Gasteiger charge is 2.05. The van der Waals surface area contributed by atoms with Crippen LogP contribution in [-0.2, 0) is 0 Å². The maximum absolute atomic E-state index is 3.52. The first-order valence-corrected chi connectivity index (χ1v) is 4.61. The molecule has 0 aliphatic heterocycles. The van der Waals surface area contributed by atoms with Crippen LogP contribution < -0.4 is 10.6 Å². The van der Waals surface area contributed by atoms with Gasteiger partial charge in [-0.1, -0.05) is 20.8 Å². The summed E-state index contributed by atoms with van der Waals surface area (Å²) in [5.41, 5.74) is 0. The van der Waals surface area contributed by atoms with E-state index >= 15 is 0 Å². The summed E-state index contributed by atoms with van der Waals surface area (Å²) in [6, 6.07) is 1.29. The molecule has 68 valence electrons. The molecule has 0 fully saturated rings. The lowest BCUT2D eigenvalue weighted by Gasteiger charge is -2.19. The van der Waals surface area contributed by atoms with Gasteiger partial charge in [0.05, 0.1) is 0 Å². The molecule has 0 amide bonds. The van der Waals surface area contributed by atoms with Gasteiger partial charge in [-0.15, -0.1) is 0 Å². The molecule has 0 heterocycles. The van der Waals surface area contributed by atoms with Crippen molar-refractivity contribution in [1.29, 1.82) is 0 Å². The van der Waals surface area contributed by atoms with Crippen molar-refractivity contribution in [2.24, 2.45) is 0 Å². The zero-order valence-electron chi connectivity index (χ0n) is 8.28. The highest BCUT2D eigenvalue weighted by molar-refractivity contribution is 4.67. The van der Waals surface area contributed by atoms with Gasteiger partial charge in [0.25, 0.3) is 0 Å². The van der Waals surface area contributed by atoms with Crippen LogP contribution in [0.15, 0.2) is 0 Å². The van der Waals surface area contributed by atoms with Gasteiger partial charge in [0.2, 0.25) is 0 Å². The standard InChI is InChI=1S/C9H22N2/c1-5-9(6-7-10-4)11-8(2)3/h8-11H,5-7H2,1-4H3. The van der Waals surface area contributed by atoms with E-state index in [1.54, 1.807) is 0 Å². The van der Waals surface area contributed by atoms with E-state index in [0.717, 1.165) is 6.54 Å². The van der Waals surface area contributed by atoms with Gasteiger partial charge in [-0.3, -0.25) is 0 Å². The van der Waals surface area contributed by atoms with Crippen molar-refractivity contribution in [3.63, 3.8) is 0 Å². The SMILES string of the molecule is CCC(CCNC)NC(C)C. The summed E-state index contributed by atoms with van der Waals surface area (Å²) in [4.78, 5) is 0. The predicted octanol–water partition coefficient (Wildman–Crippen LogP) is 1.37. The Morgan fingerprint density at radius 2 is 1.91 bits per heavy atom. The third-order valence-corrected chi connectivity index (χ3v) is 1.80. The summed E-state index contributed by atoms with van der Waals surface area (Å²) in [6.45, 7) is 7.73. The molecule has 2 nitrogen and oxygen atoms in total. The summed E-state index contributed by atoms with van der Waals surface area (Å²) in [5, 5.41) is 6.69. The van der Waals surface area contributed by atoms with Crippen molar-refractivity contribution in [2.75, 3.05) is 13.6 Å². The number of hydrogen-bond donors (Lipinski definition) is 2. The van der Waals surface area contributed by atoms with Gasteiger partial charge in [0, 0.05) is 12.1 Å². The van der Waals surface area contributed by atoms with Crippen molar-refractivity contribution >= 4 is 0 Å². The molecule has 2 heteroatoms. The Labute approximate surface area is 70.8 Å². The molecular formula is C9H22N2. The Morgan fingerprint density at radius 1 is 1.27 bits per heavy atom. The zero-order valence-corrected chi connectivity index (χ0v) is 8.28. The van der Waals surface area contributed by atoms with Crippen LogP contribution in [-0.4, -0.2) is 25.7 Å². The Morgan fingerprint density at radius 3 is 2.27 bits per heavy atom. The fourth-order valence-corrected chi connectivity index (χ4v) is 1.20. The van der Waals surface area contributed by atoms with E-state index < -0.39 is 0 Å². The van der Waals surface area contributed by atoms with Crippen LogP contribution in [0.2, 0.25) is 0 Å². The second kappa shape index (κ2) is 6.62. The average Bonchev–Trinajstić information content (AvgIpc) is 1.97. The summed E-state index contributed by atoms with van der Waals surface area (Å²) in [6.07, 6.45) is 2.45. The second-order valence-electron chi connectivity index (χ2n) is 3.32. The number of hydrogen-bond acceptors (Lipinski definition) is 2. The highest BCUT2D eigenvalue weighted by atomic mass is 14.9. The smallest absolute Gasteiger partial charge is 0.00788 e. The molecule has 0 aromatic carbocycles. The summed E-state index contributed by atoms with van der Waals surface area (Å²) in [7, 11) is 2.00. The zero-order chi connectivity index (χ0) is 8.69. The van der Waals surface area contributed by atoms with Gasteiger partial charge in [0.1, 0.15) is 0 Å². The van der Waals surface area contributed by atoms with Crippen LogP contribution in [0.5, 0.6) is 0 Å². The predicted molar refractivity (Wildman–Crippen MR) is 50.9 cm³/mol. The minimum Gasteiger partial charge on any atom is -0.320 e. The van der Waals surface area contributed by atoms with E-state index in [0.29, 0.717) is 12.1 Å². The molecular weight excluding hydrogens is 136 g/mol. The Kier molecular flexibility index (Phi) is 6.57. The molecule has 0 aromatic rings. The fraction of sp³-hybridized carbons (Fsp3) is 1.00. The Hall–Kier alpha value is -0.0800. The molecule has 0 saturated heterocycles. The van der Waals surface area contributed by atoms with Crippen LogP contribution >= 0.6 is 0 Å². The Balaban J connectivity index is 3.41. The first-order valence-electron chi connectivity index (χ1n) is 4.61. The topological polar surface area (TPSA) is 24.1 Å². The fourth-order valence-electron chi connectivity index (χ4n) is 1.20. The van der Waals surface area contributed by atoms with Crippen LogP contribution in [0.25, 0.3) is 0 Å². The lowest BCUT2D eigenvalue weighted by Crippen LogP contribution is -2.36. The number of nitrogens with one attached hydrogen (secondary N) is 2. The van der Waals surface area contributed by atoms with E-state index in [1.807, 2.05) is 7.05 Å².